The number of aliphatic hydroxyl groups excluding tert-OH is 2. The number of ether oxygens (including phenoxy) is 2. The summed E-state index contributed by atoms with van der Waals surface area (Å²) in [6.45, 7) is 3.11. The summed E-state index contributed by atoms with van der Waals surface area (Å²) in [5, 5.41) is 21.8. The molecular weight excluding hydrogens is 429 g/mol. The molecule has 1 aliphatic rings. The van der Waals surface area contributed by atoms with Crippen LogP contribution in [-0.2, 0) is 9.47 Å². The fourth-order valence-corrected chi connectivity index (χ4v) is 1.22. The Kier molecular flexibility index (Phi) is 11.1. The van der Waals surface area contributed by atoms with E-state index < -0.39 is 26.1 Å². The van der Waals surface area contributed by atoms with Gasteiger partial charge in [0.2, 0.25) is 7.59 Å². The number of rotatable bonds is 2. The van der Waals surface area contributed by atoms with Crippen molar-refractivity contribution in [3.05, 3.63) is 0 Å². The molecule has 0 aromatic heterocycles. The van der Waals surface area contributed by atoms with Gasteiger partial charge in [-0.3, -0.25) is 0 Å². The summed E-state index contributed by atoms with van der Waals surface area (Å²) >= 11 is 31.5. The second-order valence-corrected chi connectivity index (χ2v) is 8.47. The van der Waals surface area contributed by atoms with Gasteiger partial charge in [0.1, 0.15) is 0 Å². The molecule has 2 atom stereocenters. The molecule has 132 valence electrons. The Morgan fingerprint density at radius 2 is 1.09 bits per heavy atom. The van der Waals surface area contributed by atoms with Crippen molar-refractivity contribution < 1.29 is 24.5 Å². The van der Waals surface area contributed by atoms with Gasteiger partial charge < -0.3 is 30.3 Å². The van der Waals surface area contributed by atoms with E-state index in [2.05, 4.69) is 0 Å². The van der Waals surface area contributed by atoms with Crippen molar-refractivity contribution in [2.75, 3.05) is 26.4 Å². The maximum absolute atomic E-state index is 11.1. The minimum Gasteiger partial charge on any atom is -0.377 e. The van der Waals surface area contributed by atoms with Crippen molar-refractivity contribution >= 4 is 75.6 Å². The van der Waals surface area contributed by atoms with E-state index in [1.807, 2.05) is 0 Å². The Balaban J connectivity index is 0.000000604. The van der Waals surface area contributed by atoms with Crippen LogP contribution in [0.1, 0.15) is 0 Å². The number of hydrogen-bond donors (Lipinski definition) is 4. The van der Waals surface area contributed by atoms with Crippen molar-refractivity contribution in [1.82, 2.24) is 10.6 Å². The molecule has 22 heavy (non-hydrogen) atoms. The predicted octanol–water partition coefficient (Wildman–Crippen LogP) is 1.70. The maximum Gasteiger partial charge on any atom is 0.319 e. The number of urea groups is 1. The molecule has 7 nitrogen and oxygen atoms in total. The van der Waals surface area contributed by atoms with Crippen LogP contribution < -0.4 is 10.6 Å². The van der Waals surface area contributed by atoms with Gasteiger partial charge in [-0.05, 0) is 0 Å². The van der Waals surface area contributed by atoms with Crippen molar-refractivity contribution in [1.29, 1.82) is 0 Å². The van der Waals surface area contributed by atoms with E-state index in [-0.39, 0.29) is 0 Å². The zero-order valence-electron chi connectivity index (χ0n) is 10.9. The number of halogens is 6. The largest absolute Gasteiger partial charge is 0.377 e. The highest BCUT2D eigenvalue weighted by atomic mass is 35.6. The van der Waals surface area contributed by atoms with Crippen molar-refractivity contribution in [3.8, 4) is 0 Å². The van der Waals surface area contributed by atoms with Crippen molar-refractivity contribution in [2.45, 2.75) is 20.0 Å². The van der Waals surface area contributed by atoms with Gasteiger partial charge >= 0.3 is 6.03 Å². The van der Waals surface area contributed by atoms with E-state index in [9.17, 15) is 4.79 Å². The molecule has 1 rings (SSSR count). The fourth-order valence-electron chi connectivity index (χ4n) is 0.894. The van der Waals surface area contributed by atoms with Crippen LogP contribution >= 0.6 is 69.6 Å². The van der Waals surface area contributed by atoms with Gasteiger partial charge in [0, 0.05) is 0 Å². The second-order valence-electron chi connectivity index (χ2n) is 3.73. The maximum atomic E-state index is 11.1. The van der Waals surface area contributed by atoms with E-state index in [1.165, 1.54) is 0 Å². The van der Waals surface area contributed by atoms with E-state index in [4.69, 9.17) is 89.3 Å². The van der Waals surface area contributed by atoms with E-state index in [1.54, 1.807) is 10.6 Å². The number of nitrogens with one attached hydrogen (secondary N) is 2. The molecule has 2 unspecified atom stereocenters. The first kappa shape index (κ1) is 22.9. The van der Waals surface area contributed by atoms with Crippen LogP contribution in [-0.4, -0.2) is 62.7 Å². The Labute approximate surface area is 157 Å². The second kappa shape index (κ2) is 10.7. The molecule has 1 saturated heterocycles. The molecule has 0 spiro atoms. The summed E-state index contributed by atoms with van der Waals surface area (Å²) in [5.41, 5.74) is 0. The molecule has 1 fully saturated rings. The number of aliphatic hydroxyl groups is 2. The Morgan fingerprint density at radius 3 is 1.27 bits per heavy atom. The minimum absolute atomic E-state index is 0.778. The lowest BCUT2D eigenvalue weighted by Gasteiger charge is -2.23. The lowest BCUT2D eigenvalue weighted by Crippen LogP contribution is -2.53. The number of amides is 2. The summed E-state index contributed by atoms with van der Waals surface area (Å²) in [6, 6.07) is -1.09. The molecular formula is C9H14Cl6N2O5. The lowest BCUT2D eigenvalue weighted by atomic mass is 10.6. The standard InChI is InChI=1S/C5H6Cl6N2O3.C4H8O2/c6-4(7,8)1(14)12-3(16)13-2(15)5(9,10)11;1-2-6-4-3-5-1/h1-2,14-15H,(H2,12,13,16);1-4H2. The van der Waals surface area contributed by atoms with Crippen LogP contribution in [0.25, 0.3) is 0 Å². The highest BCUT2D eigenvalue weighted by Gasteiger charge is 2.35. The fraction of sp³-hybridized carbons (Fsp3) is 0.889. The van der Waals surface area contributed by atoms with E-state index >= 15 is 0 Å². The van der Waals surface area contributed by atoms with Crippen LogP contribution in [0, 0.1) is 0 Å². The van der Waals surface area contributed by atoms with Crippen LogP contribution in [0.15, 0.2) is 0 Å². The predicted molar refractivity (Wildman–Crippen MR) is 85.9 cm³/mol. The van der Waals surface area contributed by atoms with E-state index in [0.29, 0.717) is 0 Å². The van der Waals surface area contributed by atoms with Crippen LogP contribution in [0.5, 0.6) is 0 Å². The van der Waals surface area contributed by atoms with Gasteiger partial charge in [0.25, 0.3) is 0 Å². The zero-order valence-corrected chi connectivity index (χ0v) is 15.4. The molecule has 0 aromatic carbocycles. The Hall–Kier alpha value is 0.850. The topological polar surface area (TPSA) is 100 Å². The van der Waals surface area contributed by atoms with Crippen LogP contribution in [0.3, 0.4) is 0 Å². The molecule has 0 saturated carbocycles. The quantitative estimate of drug-likeness (QED) is 0.385. The van der Waals surface area contributed by atoms with Gasteiger partial charge in [-0.2, -0.15) is 0 Å². The molecule has 1 aliphatic heterocycles. The SMILES string of the molecule is C1COCCO1.O=C(NC(O)C(Cl)(Cl)Cl)NC(O)C(Cl)(Cl)Cl. The monoisotopic (exact) mass is 440 g/mol. The van der Waals surface area contributed by atoms with Crippen LogP contribution in [0.2, 0.25) is 0 Å². The minimum atomic E-state index is -2.12. The molecule has 0 bridgehead atoms. The summed E-state index contributed by atoms with van der Waals surface area (Å²) in [5.74, 6) is 0. The van der Waals surface area contributed by atoms with Crippen molar-refractivity contribution in [3.63, 3.8) is 0 Å². The summed E-state index contributed by atoms with van der Waals surface area (Å²) < 4.78 is 5.64. The molecule has 13 heteroatoms. The highest BCUT2D eigenvalue weighted by Crippen LogP contribution is 2.30. The normalized spacial score (nSPS) is 18.5. The number of carbonyl (C=O) groups is 1. The Morgan fingerprint density at radius 1 is 0.818 bits per heavy atom. The first-order chi connectivity index (χ1) is 9.94. The third-order valence-electron chi connectivity index (χ3n) is 1.90. The first-order valence-electron chi connectivity index (χ1n) is 5.66. The summed E-state index contributed by atoms with van der Waals surface area (Å²) in [6.07, 6.45) is -3.58. The zero-order chi connectivity index (χ0) is 17.4. The van der Waals surface area contributed by atoms with Gasteiger partial charge in [0.05, 0.1) is 26.4 Å². The van der Waals surface area contributed by atoms with Crippen molar-refractivity contribution in [2.24, 2.45) is 0 Å². The Bertz CT molecular complexity index is 298. The average Bonchev–Trinajstić information content (AvgIpc) is 2.39. The van der Waals surface area contributed by atoms with Gasteiger partial charge in [-0.1, -0.05) is 69.6 Å². The highest BCUT2D eigenvalue weighted by molar-refractivity contribution is 6.68. The number of hydrogen-bond acceptors (Lipinski definition) is 5. The smallest absolute Gasteiger partial charge is 0.319 e. The molecule has 0 aromatic rings. The molecule has 1 heterocycles. The van der Waals surface area contributed by atoms with Gasteiger partial charge in [0.15, 0.2) is 12.5 Å². The van der Waals surface area contributed by atoms with E-state index in [0.717, 1.165) is 26.4 Å². The summed E-state index contributed by atoms with van der Waals surface area (Å²) in [4.78, 5) is 11.1. The third-order valence-corrected chi connectivity index (χ3v) is 3.14. The lowest BCUT2D eigenvalue weighted by molar-refractivity contribution is -0.0334. The van der Waals surface area contributed by atoms with Gasteiger partial charge in [-0.15, -0.1) is 0 Å². The number of carbonyl (C=O) groups excluding carboxylic acids is 1. The number of alkyl halides is 6. The average molecular weight is 443 g/mol. The molecule has 4 N–H and O–H groups in total. The molecule has 2 amide bonds. The van der Waals surface area contributed by atoms with Crippen LogP contribution in [0.4, 0.5) is 4.79 Å². The van der Waals surface area contributed by atoms with Gasteiger partial charge in [-0.25, -0.2) is 4.79 Å². The molecule has 0 radical (unpaired) electrons. The third kappa shape index (κ3) is 11.4. The summed E-state index contributed by atoms with van der Waals surface area (Å²) in [7, 11) is 0. The first-order valence-corrected chi connectivity index (χ1v) is 7.93. The molecule has 0 aliphatic carbocycles.